The van der Waals surface area contributed by atoms with Crippen LogP contribution in [0.3, 0.4) is 0 Å². The smallest absolute Gasteiger partial charge is 0.272 e. The van der Waals surface area contributed by atoms with Crippen molar-refractivity contribution in [2.24, 2.45) is 0 Å². The molecule has 2 aromatic heterocycles. The van der Waals surface area contributed by atoms with Crippen molar-refractivity contribution < 1.29 is 4.79 Å². The highest BCUT2D eigenvalue weighted by Gasteiger charge is 2.13. The summed E-state index contributed by atoms with van der Waals surface area (Å²) < 4.78 is 0. The SMILES string of the molecule is O=C(Cc1n[nH]c(=O)c2ccccc12)Nc1nc(-c2ccc3ccccc3c2)cs1. The lowest BCUT2D eigenvalue weighted by molar-refractivity contribution is -0.115. The molecule has 0 saturated carbocycles. The topological polar surface area (TPSA) is 87.7 Å². The molecule has 0 aliphatic carbocycles. The van der Waals surface area contributed by atoms with Crippen LogP contribution in [0.25, 0.3) is 32.8 Å². The Kier molecular flexibility index (Phi) is 4.57. The summed E-state index contributed by atoms with van der Waals surface area (Å²) in [4.78, 5) is 29.0. The van der Waals surface area contributed by atoms with E-state index in [1.807, 2.05) is 29.6 Å². The molecular formula is C23H16N4O2S. The molecule has 5 rings (SSSR count). The van der Waals surface area contributed by atoms with Crippen molar-refractivity contribution in [3.05, 3.63) is 88.2 Å². The van der Waals surface area contributed by atoms with Crippen molar-refractivity contribution in [2.75, 3.05) is 5.32 Å². The Balaban J connectivity index is 1.36. The van der Waals surface area contributed by atoms with Crippen molar-refractivity contribution in [3.8, 4) is 11.3 Å². The van der Waals surface area contributed by atoms with Crippen LogP contribution in [0, 0.1) is 0 Å². The second-order valence-electron chi connectivity index (χ2n) is 6.87. The van der Waals surface area contributed by atoms with Crippen LogP contribution >= 0.6 is 11.3 Å². The Bertz CT molecular complexity index is 1450. The number of aromatic nitrogens is 3. The molecule has 6 nitrogen and oxygen atoms in total. The predicted octanol–water partition coefficient (Wildman–Crippen LogP) is 4.38. The van der Waals surface area contributed by atoms with E-state index in [9.17, 15) is 9.59 Å². The van der Waals surface area contributed by atoms with Crippen LogP contribution in [-0.2, 0) is 11.2 Å². The summed E-state index contributed by atoms with van der Waals surface area (Å²) >= 11 is 1.37. The van der Waals surface area contributed by atoms with Gasteiger partial charge in [-0.15, -0.1) is 11.3 Å². The Morgan fingerprint density at radius 2 is 1.73 bits per heavy atom. The zero-order valence-corrected chi connectivity index (χ0v) is 16.6. The lowest BCUT2D eigenvalue weighted by Crippen LogP contribution is -2.18. The Morgan fingerprint density at radius 1 is 0.967 bits per heavy atom. The van der Waals surface area contributed by atoms with E-state index in [4.69, 9.17) is 0 Å². The summed E-state index contributed by atoms with van der Waals surface area (Å²) in [6.07, 6.45) is 0.0438. The normalized spacial score (nSPS) is 11.1. The maximum Gasteiger partial charge on any atom is 0.272 e. The average Bonchev–Trinajstić information content (AvgIpc) is 3.24. The van der Waals surface area contributed by atoms with Gasteiger partial charge in [0.15, 0.2) is 5.13 Å². The van der Waals surface area contributed by atoms with Gasteiger partial charge in [0.25, 0.3) is 5.56 Å². The maximum atomic E-state index is 12.6. The van der Waals surface area contributed by atoms with Gasteiger partial charge in [0.05, 0.1) is 23.2 Å². The lowest BCUT2D eigenvalue weighted by atomic mass is 10.1. The molecule has 30 heavy (non-hydrogen) atoms. The van der Waals surface area contributed by atoms with Gasteiger partial charge in [0, 0.05) is 16.3 Å². The first-order valence-electron chi connectivity index (χ1n) is 9.38. The zero-order chi connectivity index (χ0) is 20.5. The zero-order valence-electron chi connectivity index (χ0n) is 15.8. The van der Waals surface area contributed by atoms with Crippen LogP contribution in [0.4, 0.5) is 5.13 Å². The molecule has 3 aromatic carbocycles. The van der Waals surface area contributed by atoms with Crippen LogP contribution in [0.1, 0.15) is 5.69 Å². The standard InChI is InChI=1S/C23H16N4O2S/c28-21(12-19-17-7-3-4-8-18(17)22(29)27-26-19)25-23-24-20(13-30-23)16-10-9-14-5-1-2-6-15(14)11-16/h1-11,13H,12H2,(H,27,29)(H,24,25,28). The van der Waals surface area contributed by atoms with Crippen LogP contribution < -0.4 is 10.9 Å². The molecule has 5 aromatic rings. The summed E-state index contributed by atoms with van der Waals surface area (Å²) in [6, 6.07) is 21.4. The van der Waals surface area contributed by atoms with Crippen molar-refractivity contribution in [2.45, 2.75) is 6.42 Å². The van der Waals surface area contributed by atoms with Crippen molar-refractivity contribution in [1.82, 2.24) is 15.2 Å². The molecule has 1 amide bonds. The minimum Gasteiger partial charge on any atom is -0.302 e. The third kappa shape index (κ3) is 3.46. The number of nitrogens with one attached hydrogen (secondary N) is 2. The maximum absolute atomic E-state index is 12.6. The number of aromatic amines is 1. The van der Waals surface area contributed by atoms with Gasteiger partial charge in [-0.25, -0.2) is 10.1 Å². The molecule has 0 atom stereocenters. The lowest BCUT2D eigenvalue weighted by Gasteiger charge is -2.05. The molecule has 2 N–H and O–H groups in total. The summed E-state index contributed by atoms with van der Waals surface area (Å²) in [5.74, 6) is -0.237. The fourth-order valence-corrected chi connectivity index (χ4v) is 4.17. The van der Waals surface area contributed by atoms with E-state index < -0.39 is 0 Å². The molecular weight excluding hydrogens is 396 g/mol. The number of nitrogens with zero attached hydrogens (tertiary/aromatic N) is 2. The molecule has 2 heterocycles. The first-order chi connectivity index (χ1) is 14.7. The highest BCUT2D eigenvalue weighted by molar-refractivity contribution is 7.14. The number of amides is 1. The number of H-pyrrole nitrogens is 1. The summed E-state index contributed by atoms with van der Waals surface area (Å²) in [7, 11) is 0. The Hall–Kier alpha value is -3.84. The summed E-state index contributed by atoms with van der Waals surface area (Å²) in [5, 5.41) is 15.3. The molecule has 0 radical (unpaired) electrons. The minimum absolute atomic E-state index is 0.0438. The van der Waals surface area contributed by atoms with Gasteiger partial charge in [-0.2, -0.15) is 5.10 Å². The quantitative estimate of drug-likeness (QED) is 0.459. The average molecular weight is 412 g/mol. The third-order valence-electron chi connectivity index (χ3n) is 4.90. The Morgan fingerprint density at radius 3 is 2.60 bits per heavy atom. The van der Waals surface area contributed by atoms with Crippen molar-refractivity contribution >= 4 is 43.9 Å². The number of hydrogen-bond acceptors (Lipinski definition) is 5. The number of fused-ring (bicyclic) bond motifs is 2. The molecule has 0 aliphatic heterocycles. The van der Waals surface area contributed by atoms with Crippen molar-refractivity contribution in [3.63, 3.8) is 0 Å². The highest BCUT2D eigenvalue weighted by atomic mass is 32.1. The number of carbonyl (C=O) groups excluding carboxylic acids is 1. The molecule has 0 unspecified atom stereocenters. The second kappa shape index (κ2) is 7.53. The molecule has 0 bridgehead atoms. The van der Waals surface area contributed by atoms with E-state index >= 15 is 0 Å². The van der Waals surface area contributed by atoms with Crippen LogP contribution in [0.15, 0.2) is 76.9 Å². The van der Waals surface area contributed by atoms with E-state index in [-0.39, 0.29) is 17.9 Å². The van der Waals surface area contributed by atoms with Gasteiger partial charge in [-0.05, 0) is 22.9 Å². The summed E-state index contributed by atoms with van der Waals surface area (Å²) in [5.41, 5.74) is 2.07. The third-order valence-corrected chi connectivity index (χ3v) is 5.66. The Labute approximate surface area is 175 Å². The first kappa shape index (κ1) is 18.2. The predicted molar refractivity (Wildman–Crippen MR) is 120 cm³/mol. The number of benzene rings is 3. The number of hydrogen-bond donors (Lipinski definition) is 2. The molecule has 7 heteroatoms. The van der Waals surface area contributed by atoms with Gasteiger partial charge in [-0.3, -0.25) is 9.59 Å². The molecule has 0 saturated heterocycles. The monoisotopic (exact) mass is 412 g/mol. The largest absolute Gasteiger partial charge is 0.302 e. The van der Waals surface area contributed by atoms with Crippen LogP contribution in [-0.4, -0.2) is 21.1 Å². The number of anilines is 1. The first-order valence-corrected chi connectivity index (χ1v) is 10.3. The second-order valence-corrected chi connectivity index (χ2v) is 7.73. The van der Waals surface area contributed by atoms with E-state index in [0.717, 1.165) is 16.6 Å². The van der Waals surface area contributed by atoms with Crippen LogP contribution in [0.2, 0.25) is 0 Å². The van der Waals surface area contributed by atoms with Crippen molar-refractivity contribution in [1.29, 1.82) is 0 Å². The van der Waals surface area contributed by atoms with Gasteiger partial charge in [0.2, 0.25) is 5.91 Å². The number of thiazole rings is 1. The van der Waals surface area contributed by atoms with Gasteiger partial charge < -0.3 is 5.32 Å². The van der Waals surface area contributed by atoms with E-state index in [1.165, 1.54) is 16.7 Å². The fourth-order valence-electron chi connectivity index (χ4n) is 3.43. The van der Waals surface area contributed by atoms with Crippen LogP contribution in [0.5, 0.6) is 0 Å². The molecule has 0 fully saturated rings. The van der Waals surface area contributed by atoms with E-state index in [1.54, 1.807) is 18.2 Å². The van der Waals surface area contributed by atoms with E-state index in [0.29, 0.717) is 21.6 Å². The number of rotatable bonds is 4. The summed E-state index contributed by atoms with van der Waals surface area (Å²) in [6.45, 7) is 0. The van der Waals surface area contributed by atoms with Gasteiger partial charge >= 0.3 is 0 Å². The number of carbonyl (C=O) groups is 1. The molecule has 146 valence electrons. The minimum atomic E-state index is -0.269. The van der Waals surface area contributed by atoms with Gasteiger partial charge in [0.1, 0.15) is 0 Å². The van der Waals surface area contributed by atoms with Gasteiger partial charge in [-0.1, -0.05) is 54.6 Å². The van der Waals surface area contributed by atoms with E-state index in [2.05, 4.69) is 44.8 Å². The highest BCUT2D eigenvalue weighted by Crippen LogP contribution is 2.28. The fraction of sp³-hybridized carbons (Fsp3) is 0.0435. The molecule has 0 spiro atoms. The molecule has 0 aliphatic rings.